The Bertz CT molecular complexity index is 5600. The van der Waals surface area contributed by atoms with E-state index in [1.807, 2.05) is 24.3 Å². The Balaban J connectivity index is 1.09. The van der Waals surface area contributed by atoms with Crippen LogP contribution >= 0.6 is 0 Å². The van der Waals surface area contributed by atoms with Gasteiger partial charge in [-0.2, -0.15) is 0 Å². The van der Waals surface area contributed by atoms with Gasteiger partial charge >= 0.3 is 0 Å². The second kappa shape index (κ2) is 21.8. The number of hydrogen-bond donors (Lipinski definition) is 0. The second-order valence-electron chi connectivity index (χ2n) is 22.7. The molecule has 0 saturated heterocycles. The van der Waals surface area contributed by atoms with Crippen LogP contribution in [0.15, 0.2) is 40.8 Å². The second-order valence-corrected chi connectivity index (χ2v) is 22.7. The first-order valence-electron chi connectivity index (χ1n) is 27.3. The van der Waals surface area contributed by atoms with E-state index in [9.17, 15) is 0 Å². The summed E-state index contributed by atoms with van der Waals surface area (Å²) in [7, 11) is 205. The third-order valence-corrected chi connectivity index (χ3v) is 18.2. The molecule has 342 valence electrons. The highest BCUT2D eigenvalue weighted by Crippen LogP contribution is 2.41. The van der Waals surface area contributed by atoms with Crippen molar-refractivity contribution < 1.29 is 4.42 Å². The van der Waals surface area contributed by atoms with Crippen LogP contribution < -0.4 is 164 Å². The number of furan rings is 1. The van der Waals surface area contributed by atoms with Gasteiger partial charge in [0.25, 0.3) is 0 Å². The van der Waals surface area contributed by atoms with E-state index in [1.165, 1.54) is 0 Å². The van der Waals surface area contributed by atoms with Gasteiger partial charge in [-0.1, -0.05) is 128 Å². The Labute approximate surface area is 566 Å². The smallest absolute Gasteiger partial charge is 0.128 e. The molecule has 12 aromatic carbocycles. The van der Waals surface area contributed by atoms with E-state index in [0.29, 0.717) is 43.8 Å². The van der Waals surface area contributed by atoms with Gasteiger partial charge in [-0.05, 0) is 127 Å². The summed E-state index contributed by atoms with van der Waals surface area (Å²) in [5.41, 5.74) is -0.184. The Morgan fingerprint density at radius 3 is 0.791 bits per heavy atom. The molecule has 0 atom stereocenters. The molecular weight excluding hydrogens is 1060 g/mol. The van der Waals surface area contributed by atoms with Crippen LogP contribution in [-0.2, 0) is 0 Å². The zero-order valence-corrected chi connectivity index (χ0v) is 48.2. The molecular formula is C60H6B30O. The van der Waals surface area contributed by atoms with Gasteiger partial charge in [0.15, 0.2) is 0 Å². The molecule has 1 heterocycles. The molecule has 91 heavy (non-hydrogen) atoms. The van der Waals surface area contributed by atoms with Gasteiger partial charge in [0.05, 0.1) is 0 Å². The van der Waals surface area contributed by atoms with Crippen molar-refractivity contribution in [3.63, 3.8) is 0 Å². The molecule has 13 aromatic rings. The van der Waals surface area contributed by atoms with Crippen LogP contribution in [0, 0.1) is 0 Å². The topological polar surface area (TPSA) is 13.1 Å². The zero-order chi connectivity index (χ0) is 66.1. The summed E-state index contributed by atoms with van der Waals surface area (Å²) < 4.78 is 6.32. The Hall–Kier alpha value is -6.05. The maximum absolute atomic E-state index is 7.30. The summed E-state index contributed by atoms with van der Waals surface area (Å²) in [5.74, 6) is 0. The predicted octanol–water partition coefficient (Wildman–Crippen LogP) is -19.0. The maximum atomic E-state index is 7.30. The fourth-order valence-corrected chi connectivity index (χ4v) is 13.4. The highest BCUT2D eigenvalue weighted by atomic mass is 16.3. The largest absolute Gasteiger partial charge is 0.457 e. The molecule has 0 saturated carbocycles. The third-order valence-electron chi connectivity index (χ3n) is 18.2. The van der Waals surface area contributed by atoms with Crippen LogP contribution in [-0.4, -0.2) is 235 Å². The van der Waals surface area contributed by atoms with Crippen molar-refractivity contribution in [2.24, 2.45) is 0 Å². The molecule has 1 nitrogen and oxygen atoms in total. The molecule has 0 amide bonds. The zero-order valence-electron chi connectivity index (χ0n) is 48.2. The first-order valence-corrected chi connectivity index (χ1v) is 27.3. The normalized spacial score (nSPS) is 12.0. The van der Waals surface area contributed by atoms with E-state index in [0.717, 1.165) is 0 Å². The average molecular weight is 1070 g/mol. The summed E-state index contributed by atoms with van der Waals surface area (Å²) in [6.45, 7) is 0. The molecule has 0 unspecified atom stereocenters. The molecule has 0 bridgehead atoms. The molecule has 13 rings (SSSR count). The predicted molar refractivity (Wildman–Crippen MR) is 422 cm³/mol. The van der Waals surface area contributed by atoms with Crippen LogP contribution in [0.5, 0.6) is 0 Å². The van der Waals surface area contributed by atoms with Crippen molar-refractivity contribution in [2.75, 3.05) is 0 Å². The van der Waals surface area contributed by atoms with Gasteiger partial charge in [0.1, 0.15) is 247 Å². The van der Waals surface area contributed by atoms with Crippen LogP contribution in [0.4, 0.5) is 0 Å². The average Bonchev–Trinajstić information content (AvgIpc) is 1.28. The van der Waals surface area contributed by atoms with E-state index in [-0.39, 0.29) is 251 Å². The Morgan fingerprint density at radius 1 is 0.154 bits per heavy atom. The Morgan fingerprint density at radius 2 is 0.396 bits per heavy atom. The van der Waals surface area contributed by atoms with Gasteiger partial charge in [-0.15, -0.1) is 54.6 Å². The van der Waals surface area contributed by atoms with Crippen molar-refractivity contribution in [1.29, 1.82) is 0 Å². The fourth-order valence-electron chi connectivity index (χ4n) is 13.4. The number of rotatable bonds is 4. The minimum Gasteiger partial charge on any atom is -0.457 e. The maximum Gasteiger partial charge on any atom is 0.128 e. The molecule has 0 aliphatic heterocycles. The summed E-state index contributed by atoms with van der Waals surface area (Å²) >= 11 is 0. The van der Waals surface area contributed by atoms with E-state index in [2.05, 4.69) is 0 Å². The lowest BCUT2D eigenvalue weighted by Crippen LogP contribution is -2.51. The summed E-state index contributed by atoms with van der Waals surface area (Å²) in [6, 6.07) is 10.9. The van der Waals surface area contributed by atoms with E-state index < -0.39 is 0 Å². The number of fused-ring (bicyclic) bond motifs is 10. The van der Waals surface area contributed by atoms with Gasteiger partial charge < -0.3 is 4.42 Å². The molecule has 0 spiro atoms. The molecule has 60 radical (unpaired) electrons. The van der Waals surface area contributed by atoms with Crippen LogP contribution in [0.2, 0.25) is 0 Å². The lowest BCUT2D eigenvalue weighted by atomic mass is 9.56. The van der Waals surface area contributed by atoms with E-state index in [1.54, 1.807) is 12.1 Å². The molecule has 1 aromatic heterocycles. The Kier molecular flexibility index (Phi) is 15.2. The highest BCUT2D eigenvalue weighted by molar-refractivity contribution is 6.78. The minimum absolute atomic E-state index is 0.000965. The first kappa shape index (κ1) is 63.7. The van der Waals surface area contributed by atoms with Gasteiger partial charge in [0.2, 0.25) is 0 Å². The molecule has 0 aliphatic rings. The fraction of sp³-hybridized carbons (Fsp3) is 0. The monoisotopic (exact) mass is 1070 g/mol. The van der Waals surface area contributed by atoms with Crippen LogP contribution in [0.1, 0.15) is 0 Å². The number of hydrogen-bond acceptors (Lipinski definition) is 1. The lowest BCUT2D eigenvalue weighted by molar-refractivity contribution is 0.675. The van der Waals surface area contributed by atoms with Crippen molar-refractivity contribution in [1.82, 2.24) is 0 Å². The van der Waals surface area contributed by atoms with Gasteiger partial charge in [-0.25, -0.2) is 0 Å². The van der Waals surface area contributed by atoms with Gasteiger partial charge in [-0.3, -0.25) is 0 Å². The van der Waals surface area contributed by atoms with Crippen molar-refractivity contribution in [2.45, 2.75) is 0 Å². The standard InChI is InChI=1S/C60H6B30O/c61-29-12(16-19(37(69)53(85)50(82)34(16)66)20-22(29)43(75)55(87)54(86)38(20)70)10-4-2-7-5-9(3-1-8(7)6-10)11-14-17(35(67)51(83)48(80)32(14)64)13(18-15(11)33(65)49(81)52(84)36(18)68)21-39(71)41(73)25(42(74)40(21)72)23-30(62)28-27-31(63)24-26(45(77)57(89)56(88)44(24)76)47(79)59(27)91-60(28)58(90)46(23)78/h1-6H. The van der Waals surface area contributed by atoms with Crippen molar-refractivity contribution in [3.05, 3.63) is 36.4 Å². The highest BCUT2D eigenvalue weighted by Gasteiger charge is 2.31. The molecule has 0 aliphatic carbocycles. The van der Waals surface area contributed by atoms with E-state index >= 15 is 0 Å². The van der Waals surface area contributed by atoms with Crippen molar-refractivity contribution >= 4 is 486 Å². The van der Waals surface area contributed by atoms with Crippen LogP contribution in [0.25, 0.3) is 131 Å². The summed E-state index contributed by atoms with van der Waals surface area (Å²) in [6.07, 6.45) is 0. The molecule has 0 N–H and O–H groups in total. The first-order chi connectivity index (χ1) is 42.7. The summed E-state index contributed by atoms with van der Waals surface area (Å²) in [5, 5.41) is 3.70. The van der Waals surface area contributed by atoms with Crippen molar-refractivity contribution in [3.8, 4) is 44.5 Å². The summed E-state index contributed by atoms with van der Waals surface area (Å²) in [4.78, 5) is 0. The molecule has 31 heteroatoms. The quantitative estimate of drug-likeness (QED) is 0.0973. The third kappa shape index (κ3) is 8.34. The molecule has 0 fully saturated rings. The number of benzene rings is 12. The van der Waals surface area contributed by atoms with Gasteiger partial charge in [0, 0.05) is 10.8 Å². The lowest BCUT2D eigenvalue weighted by Gasteiger charge is -2.32. The minimum atomic E-state index is -0.229. The van der Waals surface area contributed by atoms with E-state index in [4.69, 9.17) is 240 Å². The SMILES string of the molecule is [B]c1c([B])c(-c2c3c([B])c([B])c([B])c([B])c3c(-c3ccc4cc(-c5c([B])c6c([B])c([B])c([B])c([B])c6c6c([B])c([B])c([B])c([B])c56)ccc4c3)c3c([B])c([B])c([B])c([B])c23)c([B])c([B])c1-c1c([B])c([B])c2oc3c([B])c4c([B])c([B])c([B])c([B])c4c([B])c3c2c1[B]. The van der Waals surface area contributed by atoms with Crippen LogP contribution in [0.3, 0.4) is 0 Å².